The van der Waals surface area contributed by atoms with Gasteiger partial charge in [-0.1, -0.05) is 25.6 Å². The molecule has 1 atom stereocenters. The van der Waals surface area contributed by atoms with Crippen molar-refractivity contribution in [2.24, 2.45) is 5.92 Å². The van der Waals surface area contributed by atoms with Crippen LogP contribution in [0.15, 0.2) is 42.6 Å². The average Bonchev–Trinajstić information content (AvgIpc) is 3.42. The van der Waals surface area contributed by atoms with Crippen molar-refractivity contribution in [3.05, 3.63) is 64.3 Å². The number of rotatable bonds is 6. The minimum absolute atomic E-state index is 0.424. The summed E-state index contributed by atoms with van der Waals surface area (Å²) in [5, 5.41) is 17.6. The van der Waals surface area contributed by atoms with Crippen LogP contribution in [0.25, 0.3) is 0 Å². The van der Waals surface area contributed by atoms with Crippen LogP contribution >= 0.6 is 19.5 Å². The Bertz CT molecular complexity index is 1360. The maximum Gasteiger partial charge on any atom is 0.229 e. The standard InChI is InChI=1S/C29H32ClN6P/c1-37(2)27-13-18(15-31)3-10-26(27)34-28-25(30)16-32-29(35-28)33-22-7-4-20-5-8-23(9-6-21(20)14-22)36-17-19-11-24(36)12-19/h3-4,7,10,13-14,16,19,23-24H,5-6,8-9,11-12,17H2,1-2H3,(H2,32,33,34,35). The Hall–Kier alpha value is -2.71. The summed E-state index contributed by atoms with van der Waals surface area (Å²) in [4.78, 5) is 11.9. The zero-order valence-electron chi connectivity index (χ0n) is 21.3. The maximum atomic E-state index is 9.29. The lowest BCUT2D eigenvalue weighted by atomic mass is 9.86. The number of nitrogens with one attached hydrogen (secondary N) is 2. The van der Waals surface area contributed by atoms with E-state index in [9.17, 15) is 5.26 Å². The lowest BCUT2D eigenvalue weighted by Gasteiger charge is -2.32. The molecule has 1 saturated carbocycles. The number of fused-ring (bicyclic) bond motifs is 2. The van der Waals surface area contributed by atoms with Crippen molar-refractivity contribution in [2.75, 3.05) is 30.5 Å². The molecule has 2 aliphatic heterocycles. The van der Waals surface area contributed by atoms with E-state index < -0.39 is 7.92 Å². The Morgan fingerprint density at radius 1 is 1.03 bits per heavy atom. The normalized spacial score (nSPS) is 22.6. The summed E-state index contributed by atoms with van der Waals surface area (Å²) in [7, 11) is -0.424. The number of nitrogens with zero attached hydrogens (tertiary/aromatic N) is 4. The fourth-order valence-corrected chi connectivity index (χ4v) is 7.31. The molecule has 3 heterocycles. The van der Waals surface area contributed by atoms with Gasteiger partial charge in [-0.25, -0.2) is 4.98 Å². The van der Waals surface area contributed by atoms with E-state index in [4.69, 9.17) is 11.6 Å². The first-order valence-corrected chi connectivity index (χ1v) is 15.7. The fraction of sp³-hybridized carbons (Fsp3) is 0.414. The third-order valence-electron chi connectivity index (χ3n) is 8.18. The molecule has 190 valence electrons. The highest BCUT2D eigenvalue weighted by molar-refractivity contribution is 7.64. The SMILES string of the molecule is CP(C)c1cc(C#N)ccc1Nc1nc(Nc2ccc3c(c2)CCC(N2CC4CC2C4)CC3)ncc1Cl. The molecule has 2 aromatic carbocycles. The van der Waals surface area contributed by atoms with Gasteiger partial charge in [-0.2, -0.15) is 10.2 Å². The van der Waals surface area contributed by atoms with Crippen LogP contribution in [0.5, 0.6) is 0 Å². The van der Waals surface area contributed by atoms with Crippen LogP contribution in [0.4, 0.5) is 23.1 Å². The zero-order valence-corrected chi connectivity index (χ0v) is 23.0. The van der Waals surface area contributed by atoms with Gasteiger partial charge in [0.15, 0.2) is 5.82 Å². The van der Waals surface area contributed by atoms with E-state index in [1.165, 1.54) is 43.4 Å². The molecule has 6 nitrogen and oxygen atoms in total. The molecule has 2 N–H and O–H groups in total. The van der Waals surface area contributed by atoms with Crippen molar-refractivity contribution in [1.29, 1.82) is 5.26 Å². The topological polar surface area (TPSA) is 76.9 Å². The second kappa shape index (κ2) is 10.2. The summed E-state index contributed by atoms with van der Waals surface area (Å²) < 4.78 is 0. The van der Waals surface area contributed by atoms with Gasteiger partial charge in [-0.05, 0) is 99.2 Å². The summed E-state index contributed by atoms with van der Waals surface area (Å²) in [6, 6.07) is 16.2. The van der Waals surface area contributed by atoms with Crippen molar-refractivity contribution in [2.45, 2.75) is 50.6 Å². The quantitative estimate of drug-likeness (QED) is 0.292. The van der Waals surface area contributed by atoms with Crippen molar-refractivity contribution in [1.82, 2.24) is 14.9 Å². The number of aromatic nitrogens is 2. The Morgan fingerprint density at radius 3 is 2.57 bits per heavy atom. The molecule has 7 rings (SSSR count). The van der Waals surface area contributed by atoms with Gasteiger partial charge in [-0.15, -0.1) is 0 Å². The largest absolute Gasteiger partial charge is 0.338 e. The van der Waals surface area contributed by atoms with Crippen LogP contribution in [-0.4, -0.2) is 46.8 Å². The maximum absolute atomic E-state index is 9.29. The first-order valence-electron chi connectivity index (χ1n) is 13.1. The molecular weight excluding hydrogens is 499 g/mol. The number of benzene rings is 2. The second-order valence-corrected chi connectivity index (χ2v) is 13.5. The molecule has 1 unspecified atom stereocenters. The van der Waals surface area contributed by atoms with Crippen molar-refractivity contribution < 1.29 is 0 Å². The number of hydrogen-bond acceptors (Lipinski definition) is 6. The van der Waals surface area contributed by atoms with Gasteiger partial charge in [0, 0.05) is 35.3 Å². The van der Waals surface area contributed by atoms with E-state index in [1.54, 1.807) is 6.20 Å². The molecule has 4 aliphatic rings. The summed E-state index contributed by atoms with van der Waals surface area (Å²) in [6.45, 7) is 5.66. The second-order valence-electron chi connectivity index (χ2n) is 10.8. The monoisotopic (exact) mass is 530 g/mol. The summed E-state index contributed by atoms with van der Waals surface area (Å²) >= 11 is 6.47. The Labute approximate surface area is 225 Å². The van der Waals surface area contributed by atoms with Gasteiger partial charge >= 0.3 is 0 Å². The van der Waals surface area contributed by atoms with E-state index in [-0.39, 0.29) is 0 Å². The molecule has 3 aromatic rings. The van der Waals surface area contributed by atoms with Crippen LogP contribution in [0, 0.1) is 17.2 Å². The van der Waals surface area contributed by atoms with E-state index in [1.807, 2.05) is 18.2 Å². The Morgan fingerprint density at radius 2 is 1.84 bits per heavy atom. The van der Waals surface area contributed by atoms with Gasteiger partial charge in [0.25, 0.3) is 0 Å². The van der Waals surface area contributed by atoms with Crippen LogP contribution in [-0.2, 0) is 12.8 Å². The van der Waals surface area contributed by atoms with Gasteiger partial charge in [0.05, 0.1) is 17.8 Å². The molecular formula is C29H32ClN6P. The third-order valence-corrected chi connectivity index (χ3v) is 9.79. The van der Waals surface area contributed by atoms with E-state index in [0.717, 1.165) is 47.5 Å². The van der Waals surface area contributed by atoms with Crippen LogP contribution < -0.4 is 15.9 Å². The summed E-state index contributed by atoms with van der Waals surface area (Å²) in [5.74, 6) is 2.02. The lowest BCUT2D eigenvalue weighted by Crippen LogP contribution is -2.37. The molecule has 3 fully saturated rings. The molecule has 37 heavy (non-hydrogen) atoms. The van der Waals surface area contributed by atoms with Crippen molar-refractivity contribution in [3.63, 3.8) is 0 Å². The minimum Gasteiger partial charge on any atom is -0.338 e. The van der Waals surface area contributed by atoms with Gasteiger partial charge in [0.1, 0.15) is 5.02 Å². The van der Waals surface area contributed by atoms with Crippen LogP contribution in [0.1, 0.15) is 42.4 Å². The number of anilines is 4. The predicted molar refractivity (Wildman–Crippen MR) is 153 cm³/mol. The lowest BCUT2D eigenvalue weighted by molar-refractivity contribution is 0.170. The minimum atomic E-state index is -0.424. The molecule has 0 amide bonds. The molecule has 1 aromatic heterocycles. The van der Waals surface area contributed by atoms with E-state index in [2.05, 4.69) is 63.1 Å². The van der Waals surface area contributed by atoms with Gasteiger partial charge in [0.2, 0.25) is 5.95 Å². The number of halogens is 1. The highest BCUT2D eigenvalue weighted by Gasteiger charge is 2.45. The first kappa shape index (κ1) is 24.6. The Kier molecular flexibility index (Phi) is 6.80. The smallest absolute Gasteiger partial charge is 0.229 e. The number of hydrogen-bond donors (Lipinski definition) is 2. The molecule has 2 saturated heterocycles. The highest BCUT2D eigenvalue weighted by atomic mass is 35.5. The van der Waals surface area contributed by atoms with E-state index in [0.29, 0.717) is 22.4 Å². The Balaban J connectivity index is 1.18. The van der Waals surface area contributed by atoms with Crippen molar-refractivity contribution in [3.8, 4) is 6.07 Å². The van der Waals surface area contributed by atoms with Crippen LogP contribution in [0.3, 0.4) is 0 Å². The molecule has 2 bridgehead atoms. The molecule has 2 aliphatic carbocycles. The number of nitriles is 1. The summed E-state index contributed by atoms with van der Waals surface area (Å²) in [6.07, 6.45) is 9.28. The molecule has 0 radical (unpaired) electrons. The number of aryl methyl sites for hydroxylation is 2. The van der Waals surface area contributed by atoms with Crippen molar-refractivity contribution >= 4 is 48.0 Å². The fourth-order valence-electron chi connectivity index (χ4n) is 6.16. The highest BCUT2D eigenvalue weighted by Crippen LogP contribution is 2.43. The van der Waals surface area contributed by atoms with E-state index >= 15 is 0 Å². The van der Waals surface area contributed by atoms with Crippen LogP contribution in [0.2, 0.25) is 5.02 Å². The third kappa shape index (κ3) is 5.06. The summed E-state index contributed by atoms with van der Waals surface area (Å²) in [5.41, 5.74) is 5.48. The first-order chi connectivity index (χ1) is 18.0. The van der Waals surface area contributed by atoms with Gasteiger partial charge in [-0.3, -0.25) is 4.90 Å². The molecule has 8 heteroatoms. The predicted octanol–water partition coefficient (Wildman–Crippen LogP) is 6.20. The zero-order chi connectivity index (χ0) is 25.5. The van der Waals surface area contributed by atoms with Gasteiger partial charge < -0.3 is 10.6 Å². The molecule has 0 spiro atoms. The average molecular weight is 531 g/mol.